The van der Waals surface area contributed by atoms with Crippen LogP contribution in [0.1, 0.15) is 0 Å². The third-order valence-electron chi connectivity index (χ3n) is 2.41. The first-order valence-electron chi connectivity index (χ1n) is 5.14. The van der Waals surface area contributed by atoms with Crippen LogP contribution in [0, 0.1) is 0 Å². The molecule has 0 aliphatic rings. The summed E-state index contributed by atoms with van der Waals surface area (Å²) in [6.07, 6.45) is 0. The minimum absolute atomic E-state index is 0.0285. The summed E-state index contributed by atoms with van der Waals surface area (Å²) in [6, 6.07) is 3.34. The lowest BCUT2D eigenvalue weighted by molar-refractivity contribution is 0.404. The predicted octanol–water partition coefficient (Wildman–Crippen LogP) is 7.47. The zero-order valence-corrected chi connectivity index (χ0v) is 19.2. The van der Waals surface area contributed by atoms with Crippen LogP contribution in [0.25, 0.3) is 0 Å². The largest absolute Gasteiger partial charge is 0.505 e. The van der Waals surface area contributed by atoms with Gasteiger partial charge in [0.05, 0.1) is 22.4 Å². The molecule has 0 amide bonds. The van der Waals surface area contributed by atoms with Crippen LogP contribution in [-0.2, 0) is 0 Å². The Hall–Kier alpha value is 0.720. The van der Waals surface area contributed by atoms with Crippen LogP contribution in [0.5, 0.6) is 23.0 Å². The molecule has 0 radical (unpaired) electrons. The van der Waals surface area contributed by atoms with Gasteiger partial charge in [-0.15, -0.1) is 0 Å². The van der Waals surface area contributed by atoms with Gasteiger partial charge in [-0.3, -0.25) is 0 Å². The summed E-state index contributed by atoms with van der Waals surface area (Å²) >= 11 is 19.8. The molecule has 2 aromatic rings. The highest BCUT2D eigenvalue weighted by molar-refractivity contribution is 9.14. The van der Waals surface area contributed by atoms with E-state index in [0.29, 0.717) is 28.1 Å². The summed E-state index contributed by atoms with van der Waals surface area (Å²) in [4.78, 5) is 0. The molecule has 0 bridgehead atoms. The normalized spacial score (nSPS) is 10.8. The summed E-state index contributed by atoms with van der Waals surface area (Å²) in [6.45, 7) is 0. The predicted molar refractivity (Wildman–Crippen MR) is 102 cm³/mol. The third-order valence-corrected chi connectivity index (χ3v) is 7.59. The molecular weight excluding hydrogens is 672 g/mol. The highest BCUT2D eigenvalue weighted by Crippen LogP contribution is 2.52. The maximum Gasteiger partial charge on any atom is 0.172 e. The maximum atomic E-state index is 10.1. The van der Waals surface area contributed by atoms with Crippen molar-refractivity contribution < 1.29 is 14.9 Å². The number of rotatable bonds is 2. The SMILES string of the molecule is Oc1c(Br)cc(Br)cc1Oc1c(Br)c(Br)c(O)c(Br)c1Br. The average Bonchev–Trinajstić information content (AvgIpc) is 2.44. The summed E-state index contributed by atoms with van der Waals surface area (Å²) in [7, 11) is 0. The van der Waals surface area contributed by atoms with Crippen molar-refractivity contribution in [3.63, 3.8) is 0 Å². The number of hydrogen-bond acceptors (Lipinski definition) is 3. The van der Waals surface area contributed by atoms with Gasteiger partial charge in [-0.1, -0.05) is 15.9 Å². The molecule has 112 valence electrons. The lowest BCUT2D eigenvalue weighted by Crippen LogP contribution is -1.91. The molecule has 2 aromatic carbocycles. The molecule has 0 saturated heterocycles. The van der Waals surface area contributed by atoms with Crippen molar-refractivity contribution in [1.82, 2.24) is 0 Å². The monoisotopic (exact) mass is 670 g/mol. The molecule has 9 heteroatoms. The Morgan fingerprint density at radius 2 is 1.24 bits per heavy atom. The first kappa shape index (κ1) is 18.1. The molecule has 0 spiro atoms. The van der Waals surface area contributed by atoms with E-state index in [1.54, 1.807) is 12.1 Å². The summed E-state index contributed by atoms with van der Waals surface area (Å²) < 4.78 is 8.89. The summed E-state index contributed by atoms with van der Waals surface area (Å²) in [5, 5.41) is 20.0. The van der Waals surface area contributed by atoms with Crippen molar-refractivity contribution in [3.05, 3.63) is 39.0 Å². The van der Waals surface area contributed by atoms with E-state index in [1.165, 1.54) is 0 Å². The molecule has 2 N–H and O–H groups in total. The van der Waals surface area contributed by atoms with Gasteiger partial charge in [0.1, 0.15) is 5.75 Å². The van der Waals surface area contributed by atoms with E-state index >= 15 is 0 Å². The Kier molecular flexibility index (Phi) is 6.10. The van der Waals surface area contributed by atoms with Crippen molar-refractivity contribution in [2.24, 2.45) is 0 Å². The average molecular weight is 676 g/mol. The van der Waals surface area contributed by atoms with Crippen molar-refractivity contribution in [2.45, 2.75) is 0 Å². The summed E-state index contributed by atoms with van der Waals surface area (Å²) in [5.74, 6) is 0.645. The third kappa shape index (κ3) is 3.63. The van der Waals surface area contributed by atoms with Gasteiger partial charge in [-0.2, -0.15) is 0 Å². The molecule has 0 heterocycles. The van der Waals surface area contributed by atoms with Gasteiger partial charge >= 0.3 is 0 Å². The lowest BCUT2D eigenvalue weighted by Gasteiger charge is -2.15. The second kappa shape index (κ2) is 7.09. The molecule has 0 atom stereocenters. The van der Waals surface area contributed by atoms with E-state index in [0.717, 1.165) is 4.47 Å². The highest BCUT2D eigenvalue weighted by atomic mass is 79.9. The number of aromatic hydroxyl groups is 2. The molecule has 0 fully saturated rings. The maximum absolute atomic E-state index is 10.1. The Balaban J connectivity index is 2.60. The molecule has 0 saturated carbocycles. The Morgan fingerprint density at radius 3 is 1.76 bits per heavy atom. The van der Waals surface area contributed by atoms with Gasteiger partial charge in [0.2, 0.25) is 0 Å². The Bertz CT molecular complexity index is 703. The number of hydrogen-bond donors (Lipinski definition) is 2. The van der Waals surface area contributed by atoms with E-state index in [1.807, 2.05) is 0 Å². The van der Waals surface area contributed by atoms with Gasteiger partial charge in [0.15, 0.2) is 17.2 Å². The van der Waals surface area contributed by atoms with Gasteiger partial charge in [-0.25, -0.2) is 0 Å². The van der Waals surface area contributed by atoms with E-state index in [4.69, 9.17) is 4.74 Å². The quantitative estimate of drug-likeness (QED) is 0.325. The number of phenols is 2. The zero-order chi connectivity index (χ0) is 15.9. The zero-order valence-electron chi connectivity index (χ0n) is 9.73. The van der Waals surface area contributed by atoms with Crippen molar-refractivity contribution in [1.29, 1.82) is 0 Å². The minimum atomic E-state index is -0.0303. The molecule has 0 aliphatic heterocycles. The van der Waals surface area contributed by atoms with Gasteiger partial charge in [-0.05, 0) is 91.8 Å². The van der Waals surface area contributed by atoms with Gasteiger partial charge in [0, 0.05) is 4.47 Å². The number of phenolic OH excluding ortho intramolecular Hbond substituents is 2. The van der Waals surface area contributed by atoms with Gasteiger partial charge in [0.25, 0.3) is 0 Å². The number of halogens is 6. The Labute approximate surface area is 170 Å². The minimum Gasteiger partial charge on any atom is -0.505 e. The molecule has 2 rings (SSSR count). The van der Waals surface area contributed by atoms with Crippen LogP contribution < -0.4 is 4.74 Å². The molecule has 3 nitrogen and oxygen atoms in total. The first-order chi connectivity index (χ1) is 9.73. The van der Waals surface area contributed by atoms with E-state index < -0.39 is 0 Å². The first-order valence-corrected chi connectivity index (χ1v) is 9.90. The highest BCUT2D eigenvalue weighted by Gasteiger charge is 2.22. The smallest absolute Gasteiger partial charge is 0.172 e. The molecular formula is C12H4Br6O3. The van der Waals surface area contributed by atoms with E-state index in [9.17, 15) is 10.2 Å². The van der Waals surface area contributed by atoms with Crippen LogP contribution in [0.4, 0.5) is 0 Å². The molecule has 0 aliphatic carbocycles. The number of benzene rings is 2. The fourth-order valence-electron chi connectivity index (χ4n) is 1.42. The van der Waals surface area contributed by atoms with Crippen LogP contribution in [0.3, 0.4) is 0 Å². The Morgan fingerprint density at radius 1 is 0.714 bits per heavy atom. The van der Waals surface area contributed by atoms with Gasteiger partial charge < -0.3 is 14.9 Å². The fraction of sp³-hybridized carbons (Fsp3) is 0. The second-order valence-corrected chi connectivity index (χ2v) is 8.71. The van der Waals surface area contributed by atoms with Crippen molar-refractivity contribution >= 4 is 95.6 Å². The van der Waals surface area contributed by atoms with Crippen LogP contribution in [0.15, 0.2) is 39.0 Å². The van der Waals surface area contributed by atoms with Crippen LogP contribution >= 0.6 is 95.6 Å². The van der Waals surface area contributed by atoms with E-state index in [2.05, 4.69) is 95.6 Å². The summed E-state index contributed by atoms with van der Waals surface area (Å²) in [5.41, 5.74) is 0. The molecule has 21 heavy (non-hydrogen) atoms. The van der Waals surface area contributed by atoms with Crippen molar-refractivity contribution in [2.75, 3.05) is 0 Å². The molecule has 0 unspecified atom stereocenters. The standard InChI is InChI=1S/C12H4Br6O3/c13-3-1-4(14)10(19)5(2-3)21-12-8(17)6(15)11(20)7(16)9(12)18/h1-2,19-20H. The number of ether oxygens (including phenoxy) is 1. The lowest BCUT2D eigenvalue weighted by atomic mass is 10.3. The second-order valence-electron chi connectivity index (χ2n) is 3.77. The van der Waals surface area contributed by atoms with Crippen LogP contribution in [0.2, 0.25) is 0 Å². The molecule has 0 aromatic heterocycles. The van der Waals surface area contributed by atoms with Crippen LogP contribution in [-0.4, -0.2) is 10.2 Å². The van der Waals surface area contributed by atoms with Crippen molar-refractivity contribution in [3.8, 4) is 23.0 Å². The van der Waals surface area contributed by atoms with E-state index in [-0.39, 0.29) is 17.2 Å². The topological polar surface area (TPSA) is 49.7 Å². The fourth-order valence-corrected chi connectivity index (χ4v) is 4.83.